The topological polar surface area (TPSA) is 15.7 Å². The van der Waals surface area contributed by atoms with Gasteiger partial charge in [0.1, 0.15) is 5.75 Å². The van der Waals surface area contributed by atoms with Crippen LogP contribution in [0, 0.1) is 0 Å². The van der Waals surface area contributed by atoms with E-state index in [1.54, 1.807) is 7.11 Å². The predicted molar refractivity (Wildman–Crippen MR) is 77.1 cm³/mol. The van der Waals surface area contributed by atoms with Gasteiger partial charge >= 0.3 is 0 Å². The molecule has 3 heteroatoms. The van der Waals surface area contributed by atoms with E-state index in [1.807, 2.05) is 12.1 Å². The zero-order valence-corrected chi connectivity index (χ0v) is 12.3. The molecule has 0 spiro atoms. The number of benzene rings is 1. The van der Waals surface area contributed by atoms with Crippen molar-refractivity contribution in [3.63, 3.8) is 0 Å². The predicted octanol–water partition coefficient (Wildman–Crippen LogP) is 2.47. The van der Waals surface area contributed by atoms with Gasteiger partial charge in [-0.25, -0.2) is 0 Å². The van der Waals surface area contributed by atoms with Gasteiger partial charge in [0.05, 0.1) is 7.11 Å². The van der Waals surface area contributed by atoms with Crippen molar-refractivity contribution in [2.75, 3.05) is 34.3 Å². The second-order valence-electron chi connectivity index (χ2n) is 5.22. The van der Waals surface area contributed by atoms with E-state index in [9.17, 15) is 0 Å². The largest absolute Gasteiger partial charge is 0.497 e. The number of likely N-dealkylation sites (N-methyl/N-ethyl adjacent to an activating group) is 1. The van der Waals surface area contributed by atoms with Gasteiger partial charge in [-0.05, 0) is 45.6 Å². The molecule has 0 aliphatic rings. The Morgan fingerprint density at radius 1 is 1.06 bits per heavy atom. The van der Waals surface area contributed by atoms with Crippen LogP contribution in [0.4, 0.5) is 0 Å². The quantitative estimate of drug-likeness (QED) is 0.739. The van der Waals surface area contributed by atoms with Crippen LogP contribution in [-0.2, 0) is 6.54 Å². The molecule has 18 heavy (non-hydrogen) atoms. The standard InChI is InChI=1S/C15H26N2O/c1-13(2)17(11-10-16(3)4)12-14-6-8-15(18-5)9-7-14/h6-9,13H,10-12H2,1-5H3. The molecule has 0 N–H and O–H groups in total. The van der Waals surface area contributed by atoms with Crippen molar-refractivity contribution in [1.82, 2.24) is 9.80 Å². The highest BCUT2D eigenvalue weighted by molar-refractivity contribution is 5.27. The molecule has 0 fully saturated rings. The molecule has 1 aromatic rings. The number of hydrogen-bond acceptors (Lipinski definition) is 3. The van der Waals surface area contributed by atoms with Gasteiger partial charge in [0, 0.05) is 25.7 Å². The highest BCUT2D eigenvalue weighted by Gasteiger charge is 2.10. The Bertz CT molecular complexity index is 333. The molecule has 0 atom stereocenters. The second kappa shape index (κ2) is 7.39. The highest BCUT2D eigenvalue weighted by atomic mass is 16.5. The molecule has 1 aromatic carbocycles. The second-order valence-corrected chi connectivity index (χ2v) is 5.22. The van der Waals surface area contributed by atoms with E-state index in [1.165, 1.54) is 5.56 Å². The van der Waals surface area contributed by atoms with E-state index in [0.717, 1.165) is 25.4 Å². The maximum absolute atomic E-state index is 5.18. The fourth-order valence-corrected chi connectivity index (χ4v) is 1.81. The van der Waals surface area contributed by atoms with E-state index in [2.05, 4.69) is 49.9 Å². The lowest BCUT2D eigenvalue weighted by Crippen LogP contribution is -2.36. The molecule has 0 aliphatic carbocycles. The van der Waals surface area contributed by atoms with Crippen LogP contribution in [0.25, 0.3) is 0 Å². The molecule has 0 saturated carbocycles. The molecular weight excluding hydrogens is 224 g/mol. The van der Waals surface area contributed by atoms with Crippen LogP contribution in [0.3, 0.4) is 0 Å². The van der Waals surface area contributed by atoms with Crippen LogP contribution >= 0.6 is 0 Å². The summed E-state index contributed by atoms with van der Waals surface area (Å²) in [5.41, 5.74) is 1.34. The van der Waals surface area contributed by atoms with Crippen LogP contribution in [0.5, 0.6) is 5.75 Å². The monoisotopic (exact) mass is 250 g/mol. The Balaban J connectivity index is 2.58. The summed E-state index contributed by atoms with van der Waals surface area (Å²) in [5, 5.41) is 0. The van der Waals surface area contributed by atoms with Gasteiger partial charge in [-0.1, -0.05) is 12.1 Å². The minimum Gasteiger partial charge on any atom is -0.497 e. The van der Waals surface area contributed by atoms with Crippen molar-refractivity contribution in [3.05, 3.63) is 29.8 Å². The van der Waals surface area contributed by atoms with Crippen molar-refractivity contribution in [1.29, 1.82) is 0 Å². The summed E-state index contributed by atoms with van der Waals surface area (Å²) in [6.07, 6.45) is 0. The Morgan fingerprint density at radius 3 is 2.11 bits per heavy atom. The third kappa shape index (κ3) is 5.07. The first-order chi connectivity index (χ1) is 8.52. The molecule has 0 heterocycles. The number of ether oxygens (including phenoxy) is 1. The number of rotatable bonds is 7. The lowest BCUT2D eigenvalue weighted by molar-refractivity contribution is 0.191. The van der Waals surface area contributed by atoms with Gasteiger partial charge in [-0.3, -0.25) is 4.90 Å². The van der Waals surface area contributed by atoms with Crippen LogP contribution < -0.4 is 4.74 Å². The first-order valence-corrected chi connectivity index (χ1v) is 6.54. The van der Waals surface area contributed by atoms with Gasteiger partial charge in [0.25, 0.3) is 0 Å². The van der Waals surface area contributed by atoms with Gasteiger partial charge in [0.15, 0.2) is 0 Å². The molecule has 0 unspecified atom stereocenters. The van der Waals surface area contributed by atoms with Crippen molar-refractivity contribution >= 4 is 0 Å². The highest BCUT2D eigenvalue weighted by Crippen LogP contribution is 2.14. The number of hydrogen-bond donors (Lipinski definition) is 0. The summed E-state index contributed by atoms with van der Waals surface area (Å²) in [7, 11) is 5.93. The van der Waals surface area contributed by atoms with E-state index in [4.69, 9.17) is 4.74 Å². The van der Waals surface area contributed by atoms with Crippen molar-refractivity contribution in [3.8, 4) is 5.75 Å². The maximum atomic E-state index is 5.18. The zero-order chi connectivity index (χ0) is 13.5. The van der Waals surface area contributed by atoms with E-state index in [-0.39, 0.29) is 0 Å². The van der Waals surface area contributed by atoms with Crippen molar-refractivity contribution in [2.45, 2.75) is 26.4 Å². The summed E-state index contributed by atoms with van der Waals surface area (Å²) in [5.74, 6) is 0.920. The minimum absolute atomic E-state index is 0.562. The van der Waals surface area contributed by atoms with Gasteiger partial charge in [-0.15, -0.1) is 0 Å². The van der Waals surface area contributed by atoms with Crippen molar-refractivity contribution < 1.29 is 4.74 Å². The van der Waals surface area contributed by atoms with Crippen molar-refractivity contribution in [2.24, 2.45) is 0 Å². The third-order valence-corrected chi connectivity index (χ3v) is 3.11. The van der Waals surface area contributed by atoms with Crippen LogP contribution in [0.1, 0.15) is 19.4 Å². The van der Waals surface area contributed by atoms with Crippen LogP contribution in [-0.4, -0.2) is 50.1 Å². The normalized spacial score (nSPS) is 11.6. The molecule has 1 rings (SSSR count). The Morgan fingerprint density at radius 2 is 1.67 bits per heavy atom. The average molecular weight is 250 g/mol. The third-order valence-electron chi connectivity index (χ3n) is 3.11. The SMILES string of the molecule is COc1ccc(CN(CCN(C)C)C(C)C)cc1. The number of nitrogens with zero attached hydrogens (tertiary/aromatic N) is 2. The Kier molecular flexibility index (Phi) is 6.16. The lowest BCUT2D eigenvalue weighted by atomic mass is 10.2. The summed E-state index contributed by atoms with van der Waals surface area (Å²) in [6.45, 7) is 7.68. The molecule has 0 bridgehead atoms. The summed E-state index contributed by atoms with van der Waals surface area (Å²) < 4.78 is 5.18. The van der Waals surface area contributed by atoms with Gasteiger partial charge in [-0.2, -0.15) is 0 Å². The van der Waals surface area contributed by atoms with Crippen LogP contribution in [0.2, 0.25) is 0 Å². The molecule has 0 aliphatic heterocycles. The first-order valence-electron chi connectivity index (χ1n) is 6.54. The van der Waals surface area contributed by atoms with E-state index < -0.39 is 0 Å². The van der Waals surface area contributed by atoms with E-state index >= 15 is 0 Å². The smallest absolute Gasteiger partial charge is 0.118 e. The van der Waals surface area contributed by atoms with E-state index in [0.29, 0.717) is 6.04 Å². The Hall–Kier alpha value is -1.06. The first kappa shape index (κ1) is 15.0. The lowest BCUT2D eigenvalue weighted by Gasteiger charge is -2.28. The molecule has 0 aromatic heterocycles. The van der Waals surface area contributed by atoms with Gasteiger partial charge in [0.2, 0.25) is 0 Å². The number of methoxy groups -OCH3 is 1. The summed E-state index contributed by atoms with van der Waals surface area (Å²) in [6, 6.07) is 8.90. The fraction of sp³-hybridized carbons (Fsp3) is 0.600. The van der Waals surface area contributed by atoms with Gasteiger partial charge < -0.3 is 9.64 Å². The zero-order valence-electron chi connectivity index (χ0n) is 12.3. The molecule has 0 saturated heterocycles. The molecule has 0 amide bonds. The maximum Gasteiger partial charge on any atom is 0.118 e. The minimum atomic E-state index is 0.562. The fourth-order valence-electron chi connectivity index (χ4n) is 1.81. The summed E-state index contributed by atoms with van der Waals surface area (Å²) in [4.78, 5) is 4.71. The molecule has 102 valence electrons. The molecule has 3 nitrogen and oxygen atoms in total. The average Bonchev–Trinajstić information content (AvgIpc) is 2.34. The van der Waals surface area contributed by atoms with Crippen LogP contribution in [0.15, 0.2) is 24.3 Å². The summed E-state index contributed by atoms with van der Waals surface area (Å²) >= 11 is 0. The Labute approximate surface area is 111 Å². The molecule has 0 radical (unpaired) electrons. The molecular formula is C15H26N2O.